The average molecular weight is 313 g/mol. The SMILES string of the molecule is O=C(CCc1ccccc1F)N1CCC[C@@H](c2ccncn2)C1. The van der Waals surface area contributed by atoms with Crippen LogP contribution < -0.4 is 0 Å². The number of likely N-dealkylation sites (tertiary alicyclic amines) is 1. The summed E-state index contributed by atoms with van der Waals surface area (Å²) in [5, 5.41) is 0. The molecule has 3 rings (SSSR count). The molecule has 0 bridgehead atoms. The lowest BCUT2D eigenvalue weighted by molar-refractivity contribution is -0.132. The predicted molar refractivity (Wildman–Crippen MR) is 85.3 cm³/mol. The fraction of sp³-hybridized carbons (Fsp3) is 0.389. The molecule has 0 unspecified atom stereocenters. The Balaban J connectivity index is 1.58. The lowest BCUT2D eigenvalue weighted by Gasteiger charge is -2.32. The van der Waals surface area contributed by atoms with E-state index in [-0.39, 0.29) is 17.6 Å². The summed E-state index contributed by atoms with van der Waals surface area (Å²) in [6, 6.07) is 8.55. The molecule has 0 N–H and O–H groups in total. The van der Waals surface area contributed by atoms with Gasteiger partial charge in [0.05, 0.1) is 0 Å². The summed E-state index contributed by atoms with van der Waals surface area (Å²) in [5.41, 5.74) is 1.59. The lowest BCUT2D eigenvalue weighted by Crippen LogP contribution is -2.39. The van der Waals surface area contributed by atoms with Gasteiger partial charge in [-0.1, -0.05) is 18.2 Å². The zero-order valence-corrected chi connectivity index (χ0v) is 13.0. The van der Waals surface area contributed by atoms with Gasteiger partial charge in [0.25, 0.3) is 0 Å². The van der Waals surface area contributed by atoms with E-state index in [0.29, 0.717) is 24.9 Å². The molecule has 4 nitrogen and oxygen atoms in total. The van der Waals surface area contributed by atoms with Crippen molar-refractivity contribution in [2.24, 2.45) is 0 Å². The zero-order valence-electron chi connectivity index (χ0n) is 13.0. The van der Waals surface area contributed by atoms with Crippen molar-refractivity contribution < 1.29 is 9.18 Å². The minimum Gasteiger partial charge on any atom is -0.342 e. The molecule has 1 aliphatic heterocycles. The molecule has 120 valence electrons. The van der Waals surface area contributed by atoms with E-state index in [0.717, 1.165) is 25.1 Å². The topological polar surface area (TPSA) is 46.1 Å². The molecule has 0 spiro atoms. The van der Waals surface area contributed by atoms with Gasteiger partial charge in [-0.15, -0.1) is 0 Å². The molecule has 1 atom stereocenters. The number of halogens is 1. The quantitative estimate of drug-likeness (QED) is 0.872. The highest BCUT2D eigenvalue weighted by Gasteiger charge is 2.25. The number of aryl methyl sites for hydroxylation is 1. The fourth-order valence-electron chi connectivity index (χ4n) is 3.09. The van der Waals surface area contributed by atoms with Gasteiger partial charge in [-0.2, -0.15) is 0 Å². The molecule has 0 radical (unpaired) electrons. The summed E-state index contributed by atoms with van der Waals surface area (Å²) in [4.78, 5) is 22.6. The number of hydrogen-bond acceptors (Lipinski definition) is 3. The number of carbonyl (C=O) groups is 1. The van der Waals surface area contributed by atoms with Crippen molar-refractivity contribution >= 4 is 5.91 Å². The van der Waals surface area contributed by atoms with Crippen LogP contribution in [-0.2, 0) is 11.2 Å². The van der Waals surface area contributed by atoms with Crippen LogP contribution in [0.5, 0.6) is 0 Å². The van der Waals surface area contributed by atoms with Gasteiger partial charge in [0.15, 0.2) is 0 Å². The molecule has 2 aromatic rings. The number of benzene rings is 1. The molecule has 1 aliphatic rings. The third-order valence-corrected chi connectivity index (χ3v) is 4.36. The summed E-state index contributed by atoms with van der Waals surface area (Å²) in [6.07, 6.45) is 6.08. The minimum atomic E-state index is -0.238. The first-order valence-corrected chi connectivity index (χ1v) is 8.01. The van der Waals surface area contributed by atoms with E-state index in [9.17, 15) is 9.18 Å². The summed E-state index contributed by atoms with van der Waals surface area (Å²) in [6.45, 7) is 1.46. The second-order valence-corrected chi connectivity index (χ2v) is 5.90. The van der Waals surface area contributed by atoms with Crippen molar-refractivity contribution in [2.75, 3.05) is 13.1 Å². The van der Waals surface area contributed by atoms with Crippen molar-refractivity contribution in [2.45, 2.75) is 31.6 Å². The molecule has 5 heteroatoms. The summed E-state index contributed by atoms with van der Waals surface area (Å²) in [5.74, 6) is 0.119. The Morgan fingerprint density at radius 3 is 2.96 bits per heavy atom. The Hall–Kier alpha value is -2.30. The third kappa shape index (κ3) is 3.92. The molecule has 0 aliphatic carbocycles. The number of hydrogen-bond donors (Lipinski definition) is 0. The Labute approximate surface area is 135 Å². The van der Waals surface area contributed by atoms with Gasteiger partial charge in [-0.25, -0.2) is 14.4 Å². The van der Waals surface area contributed by atoms with Gasteiger partial charge >= 0.3 is 0 Å². The molecule has 0 saturated carbocycles. The van der Waals surface area contributed by atoms with E-state index in [4.69, 9.17) is 0 Å². The van der Waals surface area contributed by atoms with E-state index in [1.165, 1.54) is 6.07 Å². The van der Waals surface area contributed by atoms with Crippen molar-refractivity contribution in [1.29, 1.82) is 0 Å². The van der Waals surface area contributed by atoms with E-state index in [1.54, 1.807) is 30.7 Å². The van der Waals surface area contributed by atoms with Crippen LogP contribution in [0.4, 0.5) is 4.39 Å². The van der Waals surface area contributed by atoms with Crippen LogP contribution in [-0.4, -0.2) is 33.9 Å². The molecule has 1 aromatic heterocycles. The van der Waals surface area contributed by atoms with Crippen LogP contribution in [0.1, 0.15) is 36.4 Å². The van der Waals surface area contributed by atoms with Crippen LogP contribution in [0.25, 0.3) is 0 Å². The normalized spacial score (nSPS) is 18.0. The number of rotatable bonds is 4. The van der Waals surface area contributed by atoms with Crippen molar-refractivity contribution in [3.05, 3.63) is 59.9 Å². The van der Waals surface area contributed by atoms with Gasteiger partial charge in [-0.05, 0) is 37.0 Å². The molecule has 23 heavy (non-hydrogen) atoms. The Morgan fingerprint density at radius 2 is 2.17 bits per heavy atom. The van der Waals surface area contributed by atoms with Crippen LogP contribution >= 0.6 is 0 Å². The highest BCUT2D eigenvalue weighted by atomic mass is 19.1. The maximum Gasteiger partial charge on any atom is 0.222 e. The number of nitrogens with zero attached hydrogens (tertiary/aromatic N) is 3. The largest absolute Gasteiger partial charge is 0.342 e. The molecule has 1 saturated heterocycles. The van der Waals surface area contributed by atoms with Crippen LogP contribution in [0, 0.1) is 5.82 Å². The number of piperidine rings is 1. The molecule has 1 amide bonds. The molecule has 2 heterocycles. The smallest absolute Gasteiger partial charge is 0.222 e. The molecule has 1 aromatic carbocycles. The monoisotopic (exact) mass is 313 g/mol. The Bertz CT molecular complexity index is 662. The number of aromatic nitrogens is 2. The van der Waals surface area contributed by atoms with Crippen LogP contribution in [0.2, 0.25) is 0 Å². The van der Waals surface area contributed by atoms with Crippen LogP contribution in [0.15, 0.2) is 42.9 Å². The van der Waals surface area contributed by atoms with Gasteiger partial charge < -0.3 is 4.90 Å². The van der Waals surface area contributed by atoms with Crippen molar-refractivity contribution in [3.63, 3.8) is 0 Å². The highest BCUT2D eigenvalue weighted by Crippen LogP contribution is 2.25. The standard InChI is InChI=1S/C18H20FN3O/c19-16-6-2-1-4-14(16)7-8-18(23)22-11-3-5-15(12-22)17-9-10-20-13-21-17/h1-2,4,6,9-10,13,15H,3,5,7-8,11-12H2/t15-/m1/s1. The van der Waals surface area contributed by atoms with Crippen molar-refractivity contribution in [3.8, 4) is 0 Å². The first kappa shape index (κ1) is 15.6. The van der Waals surface area contributed by atoms with Gasteiger partial charge in [-0.3, -0.25) is 4.79 Å². The maximum absolute atomic E-state index is 13.6. The maximum atomic E-state index is 13.6. The second-order valence-electron chi connectivity index (χ2n) is 5.90. The third-order valence-electron chi connectivity index (χ3n) is 4.36. The lowest BCUT2D eigenvalue weighted by atomic mass is 9.94. The number of amides is 1. The highest BCUT2D eigenvalue weighted by molar-refractivity contribution is 5.76. The summed E-state index contributed by atoms with van der Waals surface area (Å²) < 4.78 is 13.6. The number of carbonyl (C=O) groups excluding carboxylic acids is 1. The first-order valence-electron chi connectivity index (χ1n) is 8.01. The zero-order chi connectivity index (χ0) is 16.1. The minimum absolute atomic E-state index is 0.0898. The summed E-state index contributed by atoms with van der Waals surface area (Å²) in [7, 11) is 0. The van der Waals surface area contributed by atoms with Gasteiger partial charge in [0, 0.05) is 37.3 Å². The summed E-state index contributed by atoms with van der Waals surface area (Å²) >= 11 is 0. The van der Waals surface area contributed by atoms with E-state index in [2.05, 4.69) is 9.97 Å². The van der Waals surface area contributed by atoms with E-state index in [1.807, 2.05) is 11.0 Å². The van der Waals surface area contributed by atoms with Gasteiger partial charge in [0.1, 0.15) is 12.1 Å². The van der Waals surface area contributed by atoms with Gasteiger partial charge in [0.2, 0.25) is 5.91 Å². The molecule has 1 fully saturated rings. The molecular formula is C18H20FN3O. The Morgan fingerprint density at radius 1 is 1.30 bits per heavy atom. The first-order chi connectivity index (χ1) is 11.2. The average Bonchev–Trinajstić information content (AvgIpc) is 2.62. The second kappa shape index (κ2) is 7.31. The van der Waals surface area contributed by atoms with Crippen LogP contribution in [0.3, 0.4) is 0 Å². The molecular weight excluding hydrogens is 293 g/mol. The van der Waals surface area contributed by atoms with E-state index >= 15 is 0 Å². The van der Waals surface area contributed by atoms with Crippen molar-refractivity contribution in [1.82, 2.24) is 14.9 Å². The fourth-order valence-corrected chi connectivity index (χ4v) is 3.09. The Kier molecular flexibility index (Phi) is 4.95. The van der Waals surface area contributed by atoms with E-state index < -0.39 is 0 Å². The predicted octanol–water partition coefficient (Wildman–Crippen LogP) is 2.95.